The molecule has 0 atom stereocenters. The van der Waals surface area contributed by atoms with Crippen LogP contribution in [0, 0.1) is 0 Å². The number of thiophene rings is 1. The number of nitrogens with zero attached hydrogens (tertiary/aromatic N) is 3. The molecule has 8 nitrogen and oxygen atoms in total. The van der Waals surface area contributed by atoms with Gasteiger partial charge in [0.15, 0.2) is 5.69 Å². The standard InChI is InChI=1S/C20H23N5O3S2/c1-2-24-8-10-25(11-9-24)30(27,28)16-6-3-5-15(13-16)21-20(26)18-14-17(22-23-18)19-7-4-12-29-19/h3-7,12-14H,2,8-11H2,1H3,(H,21,26)(H,22,23). The van der Waals surface area contributed by atoms with Crippen molar-refractivity contribution in [2.45, 2.75) is 11.8 Å². The number of carbonyl (C=O) groups excluding carboxylic acids is 1. The second kappa shape index (κ2) is 8.68. The minimum absolute atomic E-state index is 0.173. The van der Waals surface area contributed by atoms with E-state index in [1.54, 1.807) is 35.6 Å². The van der Waals surface area contributed by atoms with Crippen LogP contribution in [0.25, 0.3) is 10.6 Å². The fraction of sp³-hybridized carbons (Fsp3) is 0.300. The Labute approximate surface area is 179 Å². The van der Waals surface area contributed by atoms with E-state index < -0.39 is 15.9 Å². The van der Waals surface area contributed by atoms with E-state index in [0.717, 1.165) is 30.2 Å². The molecule has 2 aromatic heterocycles. The molecule has 3 heterocycles. The molecule has 3 aromatic rings. The highest BCUT2D eigenvalue weighted by Crippen LogP contribution is 2.24. The number of hydrogen-bond donors (Lipinski definition) is 2. The van der Waals surface area contributed by atoms with Gasteiger partial charge < -0.3 is 10.2 Å². The van der Waals surface area contributed by atoms with Crippen LogP contribution in [-0.4, -0.2) is 66.5 Å². The summed E-state index contributed by atoms with van der Waals surface area (Å²) in [5.74, 6) is -0.403. The zero-order valence-corrected chi connectivity index (χ0v) is 18.2. The summed E-state index contributed by atoms with van der Waals surface area (Å²) < 4.78 is 27.5. The highest BCUT2D eigenvalue weighted by Gasteiger charge is 2.28. The summed E-state index contributed by atoms with van der Waals surface area (Å²) in [6.45, 7) is 5.35. The summed E-state index contributed by atoms with van der Waals surface area (Å²) in [5.41, 5.74) is 1.41. The second-order valence-electron chi connectivity index (χ2n) is 6.96. The third kappa shape index (κ3) is 4.31. The summed E-state index contributed by atoms with van der Waals surface area (Å²) in [5, 5.41) is 11.6. The number of H-pyrrole nitrogens is 1. The summed E-state index contributed by atoms with van der Waals surface area (Å²) in [6.07, 6.45) is 0. The lowest BCUT2D eigenvalue weighted by atomic mass is 10.3. The Balaban J connectivity index is 1.47. The zero-order valence-electron chi connectivity index (χ0n) is 16.5. The molecule has 0 bridgehead atoms. The fourth-order valence-corrected chi connectivity index (χ4v) is 5.52. The third-order valence-electron chi connectivity index (χ3n) is 5.11. The van der Waals surface area contributed by atoms with E-state index in [0.29, 0.717) is 18.8 Å². The van der Waals surface area contributed by atoms with Gasteiger partial charge in [-0.15, -0.1) is 11.3 Å². The number of sulfonamides is 1. The van der Waals surface area contributed by atoms with Crippen molar-refractivity contribution in [2.24, 2.45) is 0 Å². The van der Waals surface area contributed by atoms with Crippen LogP contribution in [0.1, 0.15) is 17.4 Å². The Hall–Kier alpha value is -2.53. The number of hydrogen-bond acceptors (Lipinski definition) is 6. The van der Waals surface area contributed by atoms with Crippen LogP contribution in [-0.2, 0) is 10.0 Å². The molecule has 1 fully saturated rings. The topological polar surface area (TPSA) is 98.4 Å². The predicted molar refractivity (Wildman–Crippen MR) is 117 cm³/mol. The molecule has 30 heavy (non-hydrogen) atoms. The first-order valence-electron chi connectivity index (χ1n) is 9.70. The maximum atomic E-state index is 13.0. The third-order valence-corrected chi connectivity index (χ3v) is 7.90. The van der Waals surface area contributed by atoms with Crippen molar-refractivity contribution in [1.29, 1.82) is 0 Å². The van der Waals surface area contributed by atoms with Crippen molar-refractivity contribution in [3.05, 3.63) is 53.5 Å². The summed E-state index contributed by atoms with van der Waals surface area (Å²) in [4.78, 5) is 15.9. The molecule has 0 spiro atoms. The number of amides is 1. The van der Waals surface area contributed by atoms with Crippen LogP contribution in [0.5, 0.6) is 0 Å². The number of aromatic nitrogens is 2. The number of carbonyl (C=O) groups is 1. The number of nitrogens with one attached hydrogen (secondary N) is 2. The summed E-state index contributed by atoms with van der Waals surface area (Å²) in [6, 6.07) is 11.9. The maximum Gasteiger partial charge on any atom is 0.276 e. The van der Waals surface area contributed by atoms with E-state index in [1.165, 1.54) is 10.4 Å². The molecule has 0 unspecified atom stereocenters. The zero-order chi connectivity index (χ0) is 21.1. The number of anilines is 1. The Morgan fingerprint density at radius 3 is 2.67 bits per heavy atom. The lowest BCUT2D eigenvalue weighted by Crippen LogP contribution is -2.48. The van der Waals surface area contributed by atoms with E-state index in [-0.39, 0.29) is 10.6 Å². The Morgan fingerprint density at radius 2 is 1.97 bits per heavy atom. The second-order valence-corrected chi connectivity index (χ2v) is 9.85. The lowest BCUT2D eigenvalue weighted by Gasteiger charge is -2.33. The highest BCUT2D eigenvalue weighted by molar-refractivity contribution is 7.89. The average Bonchev–Trinajstić information content (AvgIpc) is 3.46. The molecule has 10 heteroatoms. The van der Waals surface area contributed by atoms with Gasteiger partial charge in [0.1, 0.15) is 0 Å². The minimum Gasteiger partial charge on any atom is -0.321 e. The maximum absolute atomic E-state index is 13.0. The van der Waals surface area contributed by atoms with Gasteiger partial charge in [0.2, 0.25) is 10.0 Å². The molecule has 1 aromatic carbocycles. The monoisotopic (exact) mass is 445 g/mol. The van der Waals surface area contributed by atoms with E-state index in [9.17, 15) is 13.2 Å². The summed E-state index contributed by atoms with van der Waals surface area (Å²) in [7, 11) is -3.61. The molecule has 1 aliphatic heterocycles. The highest BCUT2D eigenvalue weighted by atomic mass is 32.2. The molecule has 2 N–H and O–H groups in total. The molecule has 1 amide bonds. The van der Waals surface area contributed by atoms with E-state index in [2.05, 4.69) is 27.3 Å². The van der Waals surface area contributed by atoms with Gasteiger partial charge in [-0.05, 0) is 42.3 Å². The van der Waals surface area contributed by atoms with Crippen LogP contribution >= 0.6 is 11.3 Å². The molecule has 0 aliphatic carbocycles. The molecule has 4 rings (SSSR count). The Bertz CT molecular complexity index is 1120. The quantitative estimate of drug-likeness (QED) is 0.608. The molecule has 0 radical (unpaired) electrons. The molecule has 1 aliphatic rings. The summed E-state index contributed by atoms with van der Waals surface area (Å²) >= 11 is 1.55. The van der Waals surface area contributed by atoms with Crippen molar-refractivity contribution in [2.75, 3.05) is 38.0 Å². The fourth-order valence-electron chi connectivity index (χ4n) is 3.36. The average molecular weight is 446 g/mol. The molecule has 158 valence electrons. The number of likely N-dealkylation sites (N-methyl/N-ethyl adjacent to an activating group) is 1. The van der Waals surface area contributed by atoms with Crippen LogP contribution in [0.3, 0.4) is 0 Å². The lowest BCUT2D eigenvalue weighted by molar-refractivity contribution is 0.102. The Kier molecular flexibility index (Phi) is 6.00. The van der Waals surface area contributed by atoms with Crippen molar-refractivity contribution in [3.8, 4) is 10.6 Å². The van der Waals surface area contributed by atoms with Gasteiger partial charge in [-0.2, -0.15) is 9.40 Å². The largest absolute Gasteiger partial charge is 0.321 e. The SMILES string of the molecule is CCN1CCN(S(=O)(=O)c2cccc(NC(=O)c3cc(-c4cccs4)[nH]n3)c2)CC1. The van der Waals surface area contributed by atoms with Crippen molar-refractivity contribution < 1.29 is 13.2 Å². The van der Waals surface area contributed by atoms with Gasteiger partial charge >= 0.3 is 0 Å². The van der Waals surface area contributed by atoms with E-state index in [4.69, 9.17) is 0 Å². The predicted octanol–water partition coefficient (Wildman–Crippen LogP) is 2.72. The van der Waals surface area contributed by atoms with Crippen molar-refractivity contribution >= 4 is 33.0 Å². The van der Waals surface area contributed by atoms with Gasteiger partial charge in [-0.25, -0.2) is 8.42 Å². The minimum atomic E-state index is -3.61. The van der Waals surface area contributed by atoms with Crippen LogP contribution in [0.4, 0.5) is 5.69 Å². The normalized spacial score (nSPS) is 15.9. The van der Waals surface area contributed by atoms with Gasteiger partial charge in [0.25, 0.3) is 5.91 Å². The van der Waals surface area contributed by atoms with Crippen LogP contribution < -0.4 is 5.32 Å². The van der Waals surface area contributed by atoms with Gasteiger partial charge in [-0.1, -0.05) is 19.1 Å². The number of piperazine rings is 1. The molecular formula is C20H23N5O3S2. The first-order valence-corrected chi connectivity index (χ1v) is 12.0. The molecule has 0 saturated carbocycles. The van der Waals surface area contributed by atoms with Crippen molar-refractivity contribution in [3.63, 3.8) is 0 Å². The first kappa shape index (κ1) is 20.7. The number of rotatable bonds is 6. The number of benzene rings is 1. The van der Waals surface area contributed by atoms with Crippen molar-refractivity contribution in [1.82, 2.24) is 19.4 Å². The smallest absolute Gasteiger partial charge is 0.276 e. The van der Waals surface area contributed by atoms with Gasteiger partial charge in [0, 0.05) is 31.9 Å². The molecular weight excluding hydrogens is 422 g/mol. The van der Waals surface area contributed by atoms with Gasteiger partial charge in [0.05, 0.1) is 15.5 Å². The van der Waals surface area contributed by atoms with Gasteiger partial charge in [-0.3, -0.25) is 9.89 Å². The Morgan fingerprint density at radius 1 is 1.17 bits per heavy atom. The van der Waals surface area contributed by atoms with Crippen LogP contribution in [0.2, 0.25) is 0 Å². The number of aromatic amines is 1. The van der Waals surface area contributed by atoms with E-state index in [1.807, 2.05) is 17.5 Å². The first-order chi connectivity index (χ1) is 14.5. The van der Waals surface area contributed by atoms with Crippen LogP contribution in [0.15, 0.2) is 52.7 Å². The molecule has 1 saturated heterocycles. The van der Waals surface area contributed by atoms with E-state index >= 15 is 0 Å².